The van der Waals surface area contributed by atoms with Crippen molar-refractivity contribution in [3.05, 3.63) is 23.2 Å². The van der Waals surface area contributed by atoms with Crippen LogP contribution in [-0.4, -0.2) is 33.0 Å². The van der Waals surface area contributed by atoms with Crippen molar-refractivity contribution >= 4 is 17.3 Å². The summed E-state index contributed by atoms with van der Waals surface area (Å²) in [5.74, 6) is 0.538. The van der Waals surface area contributed by atoms with Crippen LogP contribution in [0.2, 0.25) is 5.02 Å². The Morgan fingerprint density at radius 1 is 1.33 bits per heavy atom. The summed E-state index contributed by atoms with van der Waals surface area (Å²) in [5, 5.41) is 3.32. The van der Waals surface area contributed by atoms with Crippen LogP contribution in [0.5, 0.6) is 5.75 Å². The molecule has 18 heavy (non-hydrogen) atoms. The van der Waals surface area contributed by atoms with Gasteiger partial charge < -0.3 is 14.8 Å². The Morgan fingerprint density at radius 3 is 2.61 bits per heavy atom. The Kier molecular flexibility index (Phi) is 5.55. The first-order chi connectivity index (χ1) is 8.42. The predicted octanol–water partition coefficient (Wildman–Crippen LogP) is 3.34. The van der Waals surface area contributed by atoms with E-state index in [-0.39, 0.29) is 13.2 Å². The second-order valence-corrected chi connectivity index (χ2v) is 3.85. The first-order valence-corrected chi connectivity index (χ1v) is 5.52. The number of alkyl halides is 3. The number of anilines is 1. The molecule has 0 aliphatic carbocycles. The summed E-state index contributed by atoms with van der Waals surface area (Å²) >= 11 is 5.88. The van der Waals surface area contributed by atoms with E-state index in [1.54, 1.807) is 18.2 Å². The van der Waals surface area contributed by atoms with Crippen LogP contribution < -0.4 is 10.1 Å². The van der Waals surface area contributed by atoms with E-state index in [0.29, 0.717) is 16.5 Å². The third-order valence-electron chi connectivity index (χ3n) is 1.99. The van der Waals surface area contributed by atoms with Crippen molar-refractivity contribution in [2.24, 2.45) is 0 Å². The molecule has 0 aliphatic rings. The van der Waals surface area contributed by atoms with Crippen LogP contribution in [0, 0.1) is 0 Å². The Bertz CT molecular complexity index is 385. The van der Waals surface area contributed by atoms with E-state index in [1.165, 1.54) is 7.11 Å². The summed E-state index contributed by atoms with van der Waals surface area (Å²) in [7, 11) is 1.50. The average Bonchev–Trinajstić information content (AvgIpc) is 2.27. The predicted molar refractivity (Wildman–Crippen MR) is 63.4 cm³/mol. The minimum absolute atomic E-state index is 0.0385. The van der Waals surface area contributed by atoms with E-state index < -0.39 is 12.8 Å². The number of methoxy groups -OCH3 is 1. The van der Waals surface area contributed by atoms with Crippen LogP contribution in [0.1, 0.15) is 0 Å². The molecular formula is C11H13ClF3NO2. The van der Waals surface area contributed by atoms with Gasteiger partial charge in [-0.2, -0.15) is 13.2 Å². The first kappa shape index (κ1) is 14.9. The largest absolute Gasteiger partial charge is 0.495 e. The maximum atomic E-state index is 11.8. The van der Waals surface area contributed by atoms with Crippen LogP contribution in [0.15, 0.2) is 18.2 Å². The Hall–Kier alpha value is -1.14. The van der Waals surface area contributed by atoms with E-state index >= 15 is 0 Å². The van der Waals surface area contributed by atoms with Gasteiger partial charge in [-0.15, -0.1) is 0 Å². The zero-order valence-electron chi connectivity index (χ0n) is 9.68. The number of benzene rings is 1. The summed E-state index contributed by atoms with van der Waals surface area (Å²) in [6.45, 7) is -1.01. The van der Waals surface area contributed by atoms with Crippen LogP contribution in [0.4, 0.5) is 18.9 Å². The van der Waals surface area contributed by atoms with Crippen molar-refractivity contribution in [1.29, 1.82) is 0 Å². The molecule has 0 aliphatic heterocycles. The zero-order valence-corrected chi connectivity index (χ0v) is 10.4. The Morgan fingerprint density at radius 2 is 2.06 bits per heavy atom. The molecule has 0 atom stereocenters. The van der Waals surface area contributed by atoms with E-state index in [4.69, 9.17) is 16.3 Å². The molecule has 1 aromatic rings. The van der Waals surface area contributed by atoms with Gasteiger partial charge in [0.25, 0.3) is 0 Å². The molecule has 0 radical (unpaired) electrons. The van der Waals surface area contributed by atoms with Gasteiger partial charge in [-0.3, -0.25) is 0 Å². The molecule has 1 aromatic carbocycles. The van der Waals surface area contributed by atoms with E-state index in [9.17, 15) is 13.2 Å². The Labute approximate surface area is 108 Å². The second kappa shape index (κ2) is 6.70. The van der Waals surface area contributed by atoms with Crippen LogP contribution in [0.3, 0.4) is 0 Å². The lowest BCUT2D eigenvalue weighted by Crippen LogP contribution is -2.20. The number of hydrogen-bond acceptors (Lipinski definition) is 3. The molecule has 0 aromatic heterocycles. The lowest BCUT2D eigenvalue weighted by molar-refractivity contribution is -0.172. The monoisotopic (exact) mass is 283 g/mol. The van der Waals surface area contributed by atoms with Gasteiger partial charge in [0.1, 0.15) is 12.4 Å². The minimum atomic E-state index is -4.29. The molecule has 1 N–H and O–H groups in total. The average molecular weight is 284 g/mol. The van der Waals surface area contributed by atoms with E-state index in [1.807, 2.05) is 0 Å². The highest BCUT2D eigenvalue weighted by Gasteiger charge is 2.27. The van der Waals surface area contributed by atoms with Crippen molar-refractivity contribution in [2.45, 2.75) is 6.18 Å². The fourth-order valence-corrected chi connectivity index (χ4v) is 1.49. The third kappa shape index (κ3) is 5.46. The van der Waals surface area contributed by atoms with Gasteiger partial charge in [0.05, 0.1) is 18.7 Å². The number of nitrogens with one attached hydrogen (secondary N) is 1. The lowest BCUT2D eigenvalue weighted by atomic mass is 10.3. The number of ether oxygens (including phenoxy) is 2. The summed E-state index contributed by atoms with van der Waals surface area (Å²) in [6, 6.07) is 5.01. The zero-order chi connectivity index (χ0) is 13.6. The second-order valence-electron chi connectivity index (χ2n) is 3.44. The number of rotatable bonds is 6. The molecule has 7 heteroatoms. The quantitative estimate of drug-likeness (QED) is 0.812. The highest BCUT2D eigenvalue weighted by atomic mass is 35.5. The third-order valence-corrected chi connectivity index (χ3v) is 2.29. The van der Waals surface area contributed by atoms with E-state index in [2.05, 4.69) is 10.1 Å². The normalized spacial score (nSPS) is 11.4. The summed E-state index contributed by atoms with van der Waals surface area (Å²) in [4.78, 5) is 0. The van der Waals surface area contributed by atoms with Crippen molar-refractivity contribution in [2.75, 3.05) is 32.2 Å². The smallest absolute Gasteiger partial charge is 0.411 e. The van der Waals surface area contributed by atoms with Crippen molar-refractivity contribution in [3.8, 4) is 5.75 Å². The van der Waals surface area contributed by atoms with Crippen LogP contribution in [0.25, 0.3) is 0 Å². The molecule has 0 fully saturated rings. The first-order valence-electron chi connectivity index (χ1n) is 5.14. The van der Waals surface area contributed by atoms with E-state index in [0.717, 1.165) is 0 Å². The van der Waals surface area contributed by atoms with Crippen molar-refractivity contribution in [1.82, 2.24) is 0 Å². The minimum Gasteiger partial charge on any atom is -0.495 e. The highest BCUT2D eigenvalue weighted by Crippen LogP contribution is 2.27. The number of hydrogen-bond donors (Lipinski definition) is 1. The van der Waals surface area contributed by atoms with Gasteiger partial charge in [-0.25, -0.2) is 0 Å². The van der Waals surface area contributed by atoms with Gasteiger partial charge >= 0.3 is 6.18 Å². The van der Waals surface area contributed by atoms with Gasteiger partial charge in [0.2, 0.25) is 0 Å². The molecule has 102 valence electrons. The SMILES string of the molecule is COc1ccc(NCCOCC(F)(F)F)cc1Cl. The Balaban J connectivity index is 2.29. The topological polar surface area (TPSA) is 30.5 Å². The van der Waals surface area contributed by atoms with Gasteiger partial charge in [0, 0.05) is 12.2 Å². The highest BCUT2D eigenvalue weighted by molar-refractivity contribution is 6.32. The molecule has 0 spiro atoms. The molecule has 0 saturated carbocycles. The van der Waals surface area contributed by atoms with Gasteiger partial charge in [-0.1, -0.05) is 11.6 Å². The number of halogens is 4. The standard InChI is InChI=1S/C11H13ClF3NO2/c1-17-10-3-2-8(6-9(10)12)16-4-5-18-7-11(13,14)15/h2-3,6,16H,4-5,7H2,1H3. The molecule has 0 heterocycles. The summed E-state index contributed by atoms with van der Waals surface area (Å²) in [6.07, 6.45) is -4.29. The molecular weight excluding hydrogens is 271 g/mol. The molecule has 0 saturated heterocycles. The van der Waals surface area contributed by atoms with Crippen molar-refractivity contribution < 1.29 is 22.6 Å². The molecule has 0 amide bonds. The van der Waals surface area contributed by atoms with Gasteiger partial charge in [0.15, 0.2) is 0 Å². The maximum absolute atomic E-state index is 11.8. The summed E-state index contributed by atoms with van der Waals surface area (Å²) in [5.41, 5.74) is 0.691. The fraction of sp³-hybridized carbons (Fsp3) is 0.455. The fourth-order valence-electron chi connectivity index (χ4n) is 1.23. The van der Waals surface area contributed by atoms with Crippen LogP contribution >= 0.6 is 11.6 Å². The lowest BCUT2D eigenvalue weighted by Gasteiger charge is -2.10. The molecule has 0 bridgehead atoms. The molecule has 1 rings (SSSR count). The molecule has 3 nitrogen and oxygen atoms in total. The maximum Gasteiger partial charge on any atom is 0.411 e. The van der Waals surface area contributed by atoms with Crippen molar-refractivity contribution in [3.63, 3.8) is 0 Å². The van der Waals surface area contributed by atoms with Gasteiger partial charge in [-0.05, 0) is 18.2 Å². The summed E-state index contributed by atoms with van der Waals surface area (Å²) < 4.78 is 44.7. The molecule has 0 unspecified atom stereocenters. The van der Waals surface area contributed by atoms with Crippen LogP contribution in [-0.2, 0) is 4.74 Å².